The highest BCUT2D eigenvalue weighted by molar-refractivity contribution is 5.81. The lowest BCUT2D eigenvalue weighted by atomic mass is 10.0. The molecule has 1 aliphatic rings. The number of nitrogens with one attached hydrogen (secondary N) is 1. The quantitative estimate of drug-likeness (QED) is 0.736. The van der Waals surface area contributed by atoms with Crippen LogP contribution >= 0.6 is 0 Å². The molecule has 136 valence electrons. The SMILES string of the molecule is C=CCOC(C)C(=O)N1CCC(NC(=O)Cc2ccc(O)cc2)CC1. The van der Waals surface area contributed by atoms with Crippen molar-refractivity contribution in [2.45, 2.75) is 38.3 Å². The van der Waals surface area contributed by atoms with E-state index in [1.165, 1.54) is 0 Å². The van der Waals surface area contributed by atoms with Crippen LogP contribution in [0, 0.1) is 0 Å². The molecule has 0 saturated carbocycles. The minimum absolute atomic E-state index is 0.0179. The van der Waals surface area contributed by atoms with Crippen molar-refractivity contribution in [3.8, 4) is 5.75 Å². The summed E-state index contributed by atoms with van der Waals surface area (Å²) in [4.78, 5) is 26.2. The van der Waals surface area contributed by atoms with E-state index in [4.69, 9.17) is 4.74 Å². The number of amides is 2. The highest BCUT2D eigenvalue weighted by Crippen LogP contribution is 2.14. The van der Waals surface area contributed by atoms with Gasteiger partial charge >= 0.3 is 0 Å². The highest BCUT2D eigenvalue weighted by atomic mass is 16.5. The number of ether oxygens (including phenoxy) is 1. The third-order valence-electron chi connectivity index (χ3n) is 4.28. The Bertz CT molecular complexity index is 592. The Kier molecular flexibility index (Phi) is 7.01. The molecule has 1 fully saturated rings. The van der Waals surface area contributed by atoms with Gasteiger partial charge in [-0.15, -0.1) is 6.58 Å². The molecule has 0 aliphatic carbocycles. The second-order valence-corrected chi connectivity index (χ2v) is 6.27. The van der Waals surface area contributed by atoms with Crippen molar-refractivity contribution in [3.05, 3.63) is 42.5 Å². The van der Waals surface area contributed by atoms with Crippen LogP contribution in [0.3, 0.4) is 0 Å². The first kappa shape index (κ1) is 19.0. The third kappa shape index (κ3) is 5.90. The third-order valence-corrected chi connectivity index (χ3v) is 4.28. The maximum Gasteiger partial charge on any atom is 0.251 e. The molecule has 0 aromatic heterocycles. The summed E-state index contributed by atoms with van der Waals surface area (Å²) < 4.78 is 5.38. The predicted octanol–water partition coefficient (Wildman–Crippen LogP) is 1.63. The molecule has 0 bridgehead atoms. The van der Waals surface area contributed by atoms with Gasteiger partial charge in [-0.2, -0.15) is 0 Å². The fourth-order valence-electron chi connectivity index (χ4n) is 2.86. The fraction of sp³-hybridized carbons (Fsp3) is 0.474. The van der Waals surface area contributed by atoms with E-state index in [1.807, 2.05) is 0 Å². The van der Waals surface area contributed by atoms with Gasteiger partial charge in [-0.05, 0) is 37.5 Å². The van der Waals surface area contributed by atoms with Gasteiger partial charge in [0, 0.05) is 19.1 Å². The second kappa shape index (κ2) is 9.22. The molecule has 0 spiro atoms. The number of aromatic hydroxyl groups is 1. The lowest BCUT2D eigenvalue weighted by Crippen LogP contribution is -2.49. The van der Waals surface area contributed by atoms with Crippen LogP contribution in [0.25, 0.3) is 0 Å². The minimum atomic E-state index is -0.473. The van der Waals surface area contributed by atoms with Crippen molar-refractivity contribution in [3.63, 3.8) is 0 Å². The molecule has 1 aromatic carbocycles. The normalized spacial score (nSPS) is 16.3. The van der Waals surface area contributed by atoms with Gasteiger partial charge in [-0.1, -0.05) is 18.2 Å². The Hall–Kier alpha value is -2.34. The topological polar surface area (TPSA) is 78.9 Å². The lowest BCUT2D eigenvalue weighted by Gasteiger charge is -2.33. The largest absolute Gasteiger partial charge is 0.508 e. The molecule has 2 rings (SSSR count). The van der Waals surface area contributed by atoms with Crippen LogP contribution in [-0.2, 0) is 20.7 Å². The first-order valence-electron chi connectivity index (χ1n) is 8.58. The van der Waals surface area contributed by atoms with Crippen molar-refractivity contribution in [1.29, 1.82) is 0 Å². The molecule has 1 aliphatic heterocycles. The van der Waals surface area contributed by atoms with Crippen LogP contribution in [0.5, 0.6) is 5.75 Å². The number of phenols is 1. The Morgan fingerprint density at radius 1 is 1.36 bits per heavy atom. The van der Waals surface area contributed by atoms with Gasteiger partial charge in [0.2, 0.25) is 5.91 Å². The van der Waals surface area contributed by atoms with E-state index in [0.717, 1.165) is 18.4 Å². The highest BCUT2D eigenvalue weighted by Gasteiger charge is 2.26. The zero-order valence-electron chi connectivity index (χ0n) is 14.6. The van der Waals surface area contributed by atoms with Gasteiger partial charge in [-0.3, -0.25) is 9.59 Å². The molecule has 1 heterocycles. The first-order chi connectivity index (χ1) is 12.0. The van der Waals surface area contributed by atoms with E-state index in [9.17, 15) is 14.7 Å². The van der Waals surface area contributed by atoms with Gasteiger partial charge in [0.05, 0.1) is 13.0 Å². The molecule has 1 unspecified atom stereocenters. The number of hydrogen-bond donors (Lipinski definition) is 2. The van der Waals surface area contributed by atoms with Crippen molar-refractivity contribution in [2.24, 2.45) is 0 Å². The van der Waals surface area contributed by atoms with Crippen LogP contribution in [0.2, 0.25) is 0 Å². The number of hydrogen-bond acceptors (Lipinski definition) is 4. The molecule has 2 N–H and O–H groups in total. The number of benzene rings is 1. The van der Waals surface area contributed by atoms with Crippen LogP contribution in [-0.4, -0.2) is 53.7 Å². The number of carbonyl (C=O) groups excluding carboxylic acids is 2. The van der Waals surface area contributed by atoms with Crippen molar-refractivity contribution < 1.29 is 19.4 Å². The molecule has 6 nitrogen and oxygen atoms in total. The number of carbonyl (C=O) groups is 2. The zero-order valence-corrected chi connectivity index (χ0v) is 14.6. The summed E-state index contributed by atoms with van der Waals surface area (Å²) in [5.41, 5.74) is 0.858. The van der Waals surface area contributed by atoms with E-state index < -0.39 is 6.10 Å². The summed E-state index contributed by atoms with van der Waals surface area (Å²) in [5.74, 6) is 0.126. The van der Waals surface area contributed by atoms with Gasteiger partial charge < -0.3 is 20.1 Å². The number of likely N-dealkylation sites (tertiary alicyclic amines) is 1. The lowest BCUT2D eigenvalue weighted by molar-refractivity contribution is -0.143. The zero-order chi connectivity index (χ0) is 18.2. The number of rotatable bonds is 7. The monoisotopic (exact) mass is 346 g/mol. The molecule has 1 atom stereocenters. The number of nitrogens with zero attached hydrogens (tertiary/aromatic N) is 1. The summed E-state index contributed by atoms with van der Waals surface area (Å²) in [5, 5.41) is 12.3. The van der Waals surface area contributed by atoms with Crippen LogP contribution in [0.4, 0.5) is 0 Å². The van der Waals surface area contributed by atoms with Crippen molar-refractivity contribution >= 4 is 11.8 Å². The van der Waals surface area contributed by atoms with Gasteiger partial charge in [0.25, 0.3) is 5.91 Å². The Balaban J connectivity index is 1.74. The minimum Gasteiger partial charge on any atom is -0.508 e. The summed E-state index contributed by atoms with van der Waals surface area (Å²) in [6.07, 6.45) is 2.91. The smallest absolute Gasteiger partial charge is 0.251 e. The first-order valence-corrected chi connectivity index (χ1v) is 8.58. The maximum absolute atomic E-state index is 12.3. The average Bonchev–Trinajstić information content (AvgIpc) is 2.61. The molecule has 2 amide bonds. The maximum atomic E-state index is 12.3. The fourth-order valence-corrected chi connectivity index (χ4v) is 2.86. The van der Waals surface area contributed by atoms with Gasteiger partial charge in [0.1, 0.15) is 11.9 Å². The summed E-state index contributed by atoms with van der Waals surface area (Å²) >= 11 is 0. The van der Waals surface area contributed by atoms with Crippen LogP contribution in [0.1, 0.15) is 25.3 Å². The van der Waals surface area contributed by atoms with E-state index in [0.29, 0.717) is 19.7 Å². The second-order valence-electron chi connectivity index (χ2n) is 6.27. The van der Waals surface area contributed by atoms with Gasteiger partial charge in [0.15, 0.2) is 0 Å². The van der Waals surface area contributed by atoms with Gasteiger partial charge in [-0.25, -0.2) is 0 Å². The molecule has 1 saturated heterocycles. The summed E-state index contributed by atoms with van der Waals surface area (Å²) in [7, 11) is 0. The molecule has 25 heavy (non-hydrogen) atoms. The molecular weight excluding hydrogens is 320 g/mol. The Morgan fingerprint density at radius 3 is 2.60 bits per heavy atom. The summed E-state index contributed by atoms with van der Waals surface area (Å²) in [6, 6.07) is 6.70. The van der Waals surface area contributed by atoms with E-state index >= 15 is 0 Å². The van der Waals surface area contributed by atoms with E-state index in [-0.39, 0.29) is 30.0 Å². The standard InChI is InChI=1S/C19H26N2O4/c1-3-12-25-14(2)19(24)21-10-8-16(9-11-21)20-18(23)13-15-4-6-17(22)7-5-15/h3-7,14,16,22H,1,8-13H2,2H3,(H,20,23). The molecule has 1 aromatic rings. The molecule has 6 heteroatoms. The van der Waals surface area contributed by atoms with Crippen molar-refractivity contribution in [2.75, 3.05) is 19.7 Å². The van der Waals surface area contributed by atoms with E-state index in [2.05, 4.69) is 11.9 Å². The number of piperidine rings is 1. The molecular formula is C19H26N2O4. The average molecular weight is 346 g/mol. The Labute approximate surface area is 148 Å². The summed E-state index contributed by atoms with van der Waals surface area (Å²) in [6.45, 7) is 6.91. The number of phenolic OH excluding ortho intramolecular Hbond substituents is 1. The van der Waals surface area contributed by atoms with Crippen LogP contribution < -0.4 is 5.32 Å². The predicted molar refractivity (Wildman–Crippen MR) is 95.2 cm³/mol. The molecule has 0 radical (unpaired) electrons. The van der Waals surface area contributed by atoms with Crippen molar-refractivity contribution in [1.82, 2.24) is 10.2 Å². The van der Waals surface area contributed by atoms with Crippen LogP contribution in [0.15, 0.2) is 36.9 Å². The van der Waals surface area contributed by atoms with E-state index in [1.54, 1.807) is 42.2 Å². The Morgan fingerprint density at radius 2 is 2.00 bits per heavy atom.